The number of carbonyl (C=O) groups excluding carboxylic acids is 1. The number of benzene rings is 2. The zero-order chi connectivity index (χ0) is 12.5. The fraction of sp³-hybridized carbons (Fsp3) is 0.133. The van der Waals surface area contributed by atoms with Gasteiger partial charge in [-0.2, -0.15) is 0 Å². The van der Waals surface area contributed by atoms with Crippen LogP contribution in [0.1, 0.15) is 12.0 Å². The molecule has 3 rings (SSSR count). The molecule has 0 bridgehead atoms. The van der Waals surface area contributed by atoms with Crippen LogP contribution in [0.2, 0.25) is 0 Å². The number of rotatable bonds is 1. The van der Waals surface area contributed by atoms with Crippen LogP contribution >= 0.6 is 32.9 Å². The minimum atomic E-state index is 0. The topological polar surface area (TPSA) is 92.1 Å². The van der Waals surface area contributed by atoms with Crippen LogP contribution in [-0.4, -0.2) is 16.9 Å². The molecule has 0 radical (unpaired) electrons. The predicted octanol–water partition coefficient (Wildman–Crippen LogP) is 2.93. The highest BCUT2D eigenvalue weighted by Crippen LogP contribution is 2.32. The van der Waals surface area contributed by atoms with Gasteiger partial charge in [0.2, 0.25) is 5.91 Å². The highest BCUT2D eigenvalue weighted by molar-refractivity contribution is 9.10. The van der Waals surface area contributed by atoms with E-state index in [1.807, 2.05) is 30.3 Å². The summed E-state index contributed by atoms with van der Waals surface area (Å²) in [6.45, 7) is 0. The molecule has 0 aliphatic carbocycles. The van der Waals surface area contributed by atoms with E-state index in [-0.39, 0.29) is 33.8 Å². The van der Waals surface area contributed by atoms with Crippen molar-refractivity contribution in [3.8, 4) is 11.1 Å². The van der Waals surface area contributed by atoms with Gasteiger partial charge in [-0.15, -0.1) is 17.0 Å². The molecule has 0 unspecified atom stereocenters. The standard InChI is InChI=1S/C15H12BrNO.BrH.2H2O/c16-13-4-2-1-3-12(13)10-5-7-14-11(9-10)6-8-15(18)17-14;;;/h1-5,7,9H,6,8H2,(H,17,18);1H;2*1H2. The summed E-state index contributed by atoms with van der Waals surface area (Å²) in [5, 5.41) is 2.90. The van der Waals surface area contributed by atoms with E-state index in [0.717, 1.165) is 16.6 Å². The molecule has 0 aromatic heterocycles. The van der Waals surface area contributed by atoms with Gasteiger partial charge in [-0.3, -0.25) is 4.79 Å². The molecule has 1 aliphatic rings. The molecule has 1 amide bonds. The van der Waals surface area contributed by atoms with E-state index in [4.69, 9.17) is 0 Å². The number of amides is 1. The number of anilines is 1. The van der Waals surface area contributed by atoms with E-state index < -0.39 is 0 Å². The third-order valence-electron chi connectivity index (χ3n) is 3.19. The Kier molecular flexibility index (Phi) is 7.81. The Labute approximate surface area is 142 Å². The summed E-state index contributed by atoms with van der Waals surface area (Å²) in [4.78, 5) is 11.3. The Morgan fingerprint density at radius 1 is 1.00 bits per heavy atom. The maximum Gasteiger partial charge on any atom is 0.224 e. The van der Waals surface area contributed by atoms with Gasteiger partial charge >= 0.3 is 0 Å². The first-order valence-corrected chi connectivity index (χ1v) is 6.71. The van der Waals surface area contributed by atoms with E-state index in [9.17, 15) is 4.79 Å². The summed E-state index contributed by atoms with van der Waals surface area (Å²) < 4.78 is 1.09. The van der Waals surface area contributed by atoms with Gasteiger partial charge in [0.05, 0.1) is 0 Å². The minimum Gasteiger partial charge on any atom is -0.412 e. The number of hydrogen-bond acceptors (Lipinski definition) is 1. The van der Waals surface area contributed by atoms with E-state index in [2.05, 4.69) is 33.4 Å². The number of hydrogen-bond donors (Lipinski definition) is 1. The van der Waals surface area contributed by atoms with E-state index in [1.54, 1.807) is 0 Å². The third-order valence-corrected chi connectivity index (χ3v) is 3.88. The molecule has 2 aromatic rings. The van der Waals surface area contributed by atoms with Gasteiger partial charge in [0.25, 0.3) is 0 Å². The zero-order valence-corrected chi connectivity index (χ0v) is 14.4. The lowest BCUT2D eigenvalue weighted by molar-refractivity contribution is -0.116. The molecule has 114 valence electrons. The Morgan fingerprint density at radius 2 is 1.71 bits per heavy atom. The average molecular weight is 419 g/mol. The van der Waals surface area contributed by atoms with Crippen LogP contribution in [0.3, 0.4) is 0 Å². The van der Waals surface area contributed by atoms with Crippen LogP contribution < -0.4 is 5.32 Å². The summed E-state index contributed by atoms with van der Waals surface area (Å²) >= 11 is 3.57. The van der Waals surface area contributed by atoms with Gasteiger partial charge in [0, 0.05) is 16.6 Å². The molecule has 0 atom stereocenters. The lowest BCUT2D eigenvalue weighted by atomic mass is 9.97. The van der Waals surface area contributed by atoms with Gasteiger partial charge in [-0.05, 0) is 41.3 Å². The second kappa shape index (κ2) is 8.29. The number of carbonyl (C=O) groups is 1. The average Bonchev–Trinajstić information content (AvgIpc) is 2.39. The molecule has 0 fully saturated rings. The van der Waals surface area contributed by atoms with Crippen molar-refractivity contribution in [1.29, 1.82) is 0 Å². The molecule has 6 heteroatoms. The van der Waals surface area contributed by atoms with Crippen molar-refractivity contribution in [2.24, 2.45) is 0 Å². The monoisotopic (exact) mass is 417 g/mol. The maximum atomic E-state index is 11.3. The highest BCUT2D eigenvalue weighted by atomic mass is 79.9. The molecule has 1 heterocycles. The molecule has 1 aliphatic heterocycles. The predicted molar refractivity (Wildman–Crippen MR) is 94.1 cm³/mol. The smallest absolute Gasteiger partial charge is 0.224 e. The second-order valence-corrected chi connectivity index (χ2v) is 5.25. The van der Waals surface area contributed by atoms with Crippen LogP contribution in [0.25, 0.3) is 11.1 Å². The lowest BCUT2D eigenvalue weighted by Gasteiger charge is -2.18. The van der Waals surface area contributed by atoms with Crippen molar-refractivity contribution in [2.45, 2.75) is 12.8 Å². The van der Waals surface area contributed by atoms with Crippen molar-refractivity contribution in [3.63, 3.8) is 0 Å². The molecule has 21 heavy (non-hydrogen) atoms. The first-order chi connectivity index (χ1) is 8.74. The van der Waals surface area contributed by atoms with Crippen LogP contribution in [0.5, 0.6) is 0 Å². The molecule has 0 saturated carbocycles. The zero-order valence-electron chi connectivity index (χ0n) is 11.2. The third kappa shape index (κ3) is 4.14. The van der Waals surface area contributed by atoms with Gasteiger partial charge in [0.1, 0.15) is 0 Å². The Bertz CT molecular complexity index is 632. The van der Waals surface area contributed by atoms with Crippen LogP contribution in [0.15, 0.2) is 46.9 Å². The highest BCUT2D eigenvalue weighted by Gasteiger charge is 2.15. The second-order valence-electron chi connectivity index (χ2n) is 4.40. The van der Waals surface area contributed by atoms with Crippen molar-refractivity contribution in [1.82, 2.24) is 0 Å². The Hall–Kier alpha value is -1.21. The van der Waals surface area contributed by atoms with Crippen molar-refractivity contribution in [2.75, 3.05) is 5.32 Å². The normalized spacial score (nSPS) is 12.0. The summed E-state index contributed by atoms with van der Waals surface area (Å²) in [6, 6.07) is 14.4. The van der Waals surface area contributed by atoms with Gasteiger partial charge in [-0.25, -0.2) is 0 Å². The minimum absolute atomic E-state index is 0. The SMILES string of the molecule is Br.O.O.O=C1CCc2cc(-c3ccccc3Br)ccc2N1. The quantitative estimate of drug-likeness (QED) is 0.757. The number of fused-ring (bicyclic) bond motifs is 1. The summed E-state index contributed by atoms with van der Waals surface area (Å²) in [7, 11) is 0. The Balaban J connectivity index is 0.00000133. The van der Waals surface area contributed by atoms with Gasteiger partial charge in [-0.1, -0.05) is 40.2 Å². The number of aryl methyl sites for hydroxylation is 1. The molecule has 0 saturated heterocycles. The van der Waals surface area contributed by atoms with E-state index >= 15 is 0 Å². The van der Waals surface area contributed by atoms with E-state index in [0.29, 0.717) is 6.42 Å². The van der Waals surface area contributed by atoms with Crippen molar-refractivity contribution >= 4 is 44.5 Å². The van der Waals surface area contributed by atoms with Crippen molar-refractivity contribution in [3.05, 3.63) is 52.5 Å². The summed E-state index contributed by atoms with van der Waals surface area (Å²) in [5.41, 5.74) is 4.51. The van der Waals surface area contributed by atoms with Gasteiger partial charge in [0.15, 0.2) is 0 Å². The molecule has 5 N–H and O–H groups in total. The summed E-state index contributed by atoms with van der Waals surface area (Å²) in [6.07, 6.45) is 1.39. The largest absolute Gasteiger partial charge is 0.412 e. The lowest BCUT2D eigenvalue weighted by Crippen LogP contribution is -2.18. The number of nitrogens with one attached hydrogen (secondary N) is 1. The molecular weight excluding hydrogens is 402 g/mol. The summed E-state index contributed by atoms with van der Waals surface area (Å²) in [5.74, 6) is 0.108. The molecule has 0 spiro atoms. The van der Waals surface area contributed by atoms with Crippen molar-refractivity contribution < 1.29 is 15.7 Å². The number of halogens is 2. The fourth-order valence-electron chi connectivity index (χ4n) is 2.25. The van der Waals surface area contributed by atoms with E-state index in [1.165, 1.54) is 16.7 Å². The molecule has 4 nitrogen and oxygen atoms in total. The fourth-order valence-corrected chi connectivity index (χ4v) is 2.76. The van der Waals surface area contributed by atoms with Crippen LogP contribution in [0.4, 0.5) is 5.69 Å². The molecule has 2 aromatic carbocycles. The Morgan fingerprint density at radius 3 is 2.43 bits per heavy atom. The van der Waals surface area contributed by atoms with Crippen LogP contribution in [0, 0.1) is 0 Å². The van der Waals surface area contributed by atoms with Crippen LogP contribution in [-0.2, 0) is 11.2 Å². The maximum absolute atomic E-state index is 11.3. The first kappa shape index (κ1) is 19.8. The molecular formula is C15H17Br2NO3. The van der Waals surface area contributed by atoms with Gasteiger partial charge < -0.3 is 16.3 Å². The first-order valence-electron chi connectivity index (χ1n) is 5.92.